The van der Waals surface area contributed by atoms with Gasteiger partial charge in [0.15, 0.2) is 17.3 Å². The van der Waals surface area contributed by atoms with E-state index in [0.717, 1.165) is 16.5 Å². The van der Waals surface area contributed by atoms with Gasteiger partial charge in [-0.15, -0.1) is 6.58 Å². The van der Waals surface area contributed by atoms with Crippen LogP contribution < -0.4 is 15.0 Å². The zero-order chi connectivity index (χ0) is 24.4. The number of methoxy groups -OCH3 is 2. The van der Waals surface area contributed by atoms with Crippen LogP contribution in [-0.2, 0) is 6.42 Å². The average Bonchev–Trinajstić information content (AvgIpc) is 3.32. The summed E-state index contributed by atoms with van der Waals surface area (Å²) in [6.07, 6.45) is 3.97. The lowest BCUT2D eigenvalue weighted by molar-refractivity contribution is 0.352. The Bertz CT molecular complexity index is 1610. The number of aromatic nitrogens is 2. The van der Waals surface area contributed by atoms with Crippen LogP contribution in [-0.4, -0.2) is 30.1 Å². The van der Waals surface area contributed by atoms with E-state index < -0.39 is 0 Å². The fourth-order valence-electron chi connectivity index (χ4n) is 4.06. The van der Waals surface area contributed by atoms with E-state index in [1.165, 1.54) is 4.68 Å². The molecule has 0 aliphatic rings. The van der Waals surface area contributed by atoms with E-state index in [0.29, 0.717) is 46.0 Å². The Hall–Kier alpha value is -4.65. The van der Waals surface area contributed by atoms with Crippen molar-refractivity contribution in [2.45, 2.75) is 6.42 Å². The summed E-state index contributed by atoms with van der Waals surface area (Å²) >= 11 is 0. The second-order valence-electron chi connectivity index (χ2n) is 7.87. The number of furan rings is 1. The van der Waals surface area contributed by atoms with Crippen LogP contribution in [0, 0.1) is 0 Å². The third kappa shape index (κ3) is 4.08. The molecule has 0 amide bonds. The van der Waals surface area contributed by atoms with Crippen LogP contribution >= 0.6 is 0 Å². The molecule has 0 aliphatic carbocycles. The van der Waals surface area contributed by atoms with Crippen molar-refractivity contribution in [3.8, 4) is 23.1 Å². The minimum absolute atomic E-state index is 0.297. The first kappa shape index (κ1) is 22.2. The van der Waals surface area contributed by atoms with Crippen LogP contribution in [0.15, 0.2) is 93.7 Å². The molecule has 0 unspecified atom stereocenters. The van der Waals surface area contributed by atoms with E-state index >= 15 is 0 Å². The van der Waals surface area contributed by atoms with Gasteiger partial charge in [-0.3, -0.25) is 4.79 Å². The van der Waals surface area contributed by atoms with Gasteiger partial charge < -0.3 is 13.9 Å². The van der Waals surface area contributed by atoms with Crippen molar-refractivity contribution in [2.75, 3.05) is 14.2 Å². The molecule has 0 N–H and O–H groups in total. The van der Waals surface area contributed by atoms with Gasteiger partial charge in [0, 0.05) is 10.9 Å². The van der Waals surface area contributed by atoms with Gasteiger partial charge in [0.05, 0.1) is 31.3 Å². The molecule has 0 spiro atoms. The number of rotatable bonds is 7. The number of hydrogen-bond donors (Lipinski definition) is 0. The lowest BCUT2D eigenvalue weighted by atomic mass is 10.1. The Kier molecular flexibility index (Phi) is 5.89. The van der Waals surface area contributed by atoms with Crippen LogP contribution in [0.4, 0.5) is 0 Å². The highest BCUT2D eigenvalue weighted by Crippen LogP contribution is 2.33. The molecule has 0 atom stereocenters. The molecule has 0 radical (unpaired) electrons. The first-order valence-corrected chi connectivity index (χ1v) is 11.0. The standard InChI is InChI=1S/C28H23N3O4/c1-4-9-20-14-18(15-24(33-2)26(20)34-3)17-29-31-27(25-16-19-10-5-8-13-23(19)35-25)30-22-12-7-6-11-21(22)28(31)32/h4-8,10-17H,1,9H2,2-3H3. The Morgan fingerprint density at radius 1 is 1.06 bits per heavy atom. The molecule has 3 aromatic carbocycles. The van der Waals surface area contributed by atoms with Crippen LogP contribution in [0.25, 0.3) is 33.5 Å². The van der Waals surface area contributed by atoms with Crippen molar-refractivity contribution in [1.82, 2.24) is 9.66 Å². The van der Waals surface area contributed by atoms with Crippen molar-refractivity contribution in [3.05, 3.63) is 101 Å². The second kappa shape index (κ2) is 9.30. The molecule has 7 heteroatoms. The predicted molar refractivity (Wildman–Crippen MR) is 138 cm³/mol. The molecule has 2 heterocycles. The van der Waals surface area contributed by atoms with Gasteiger partial charge in [-0.05, 0) is 48.4 Å². The quantitative estimate of drug-likeness (QED) is 0.236. The van der Waals surface area contributed by atoms with Gasteiger partial charge >= 0.3 is 0 Å². The maximum Gasteiger partial charge on any atom is 0.282 e. The fraction of sp³-hybridized carbons (Fsp3) is 0.107. The molecule has 35 heavy (non-hydrogen) atoms. The van der Waals surface area contributed by atoms with E-state index in [2.05, 4.69) is 11.7 Å². The number of ether oxygens (including phenoxy) is 2. The molecule has 5 rings (SSSR count). The fourth-order valence-corrected chi connectivity index (χ4v) is 4.06. The van der Waals surface area contributed by atoms with E-state index in [1.54, 1.807) is 50.8 Å². The number of hydrogen-bond acceptors (Lipinski definition) is 6. The second-order valence-corrected chi connectivity index (χ2v) is 7.87. The molecule has 0 saturated carbocycles. The number of para-hydroxylation sites is 2. The lowest BCUT2D eigenvalue weighted by Gasteiger charge is -2.13. The van der Waals surface area contributed by atoms with E-state index in [1.807, 2.05) is 42.5 Å². The number of benzene rings is 3. The maximum atomic E-state index is 13.5. The summed E-state index contributed by atoms with van der Waals surface area (Å²) in [6, 6.07) is 20.4. The average molecular weight is 466 g/mol. The SMILES string of the molecule is C=CCc1cc(C=Nn2c(-c3cc4ccccc4o3)nc3ccccc3c2=O)cc(OC)c1OC. The molecular weight excluding hydrogens is 442 g/mol. The smallest absolute Gasteiger partial charge is 0.282 e. The van der Waals surface area contributed by atoms with Gasteiger partial charge in [0.1, 0.15) is 5.58 Å². The number of allylic oxidation sites excluding steroid dienone is 1. The summed E-state index contributed by atoms with van der Waals surface area (Å²) in [5.41, 5.74) is 2.60. The number of fused-ring (bicyclic) bond motifs is 2. The lowest BCUT2D eigenvalue weighted by Crippen LogP contribution is -2.20. The van der Waals surface area contributed by atoms with Crippen molar-refractivity contribution in [2.24, 2.45) is 5.10 Å². The summed E-state index contributed by atoms with van der Waals surface area (Å²) in [4.78, 5) is 18.2. The van der Waals surface area contributed by atoms with Crippen LogP contribution in [0.2, 0.25) is 0 Å². The molecule has 0 fully saturated rings. The number of nitrogens with zero attached hydrogens (tertiary/aromatic N) is 3. The molecular formula is C28H23N3O4. The zero-order valence-corrected chi connectivity index (χ0v) is 19.4. The molecule has 0 saturated heterocycles. The maximum absolute atomic E-state index is 13.5. The normalized spacial score (nSPS) is 11.4. The first-order valence-electron chi connectivity index (χ1n) is 11.0. The minimum atomic E-state index is -0.297. The molecule has 2 aromatic heterocycles. The Morgan fingerprint density at radius 2 is 1.86 bits per heavy atom. The van der Waals surface area contributed by atoms with E-state index in [9.17, 15) is 4.79 Å². The van der Waals surface area contributed by atoms with Gasteiger partial charge in [-0.1, -0.05) is 36.4 Å². The summed E-state index contributed by atoms with van der Waals surface area (Å²) in [5.74, 6) is 1.96. The Labute approximate surface area is 201 Å². The Morgan fingerprint density at radius 3 is 2.63 bits per heavy atom. The molecule has 0 aliphatic heterocycles. The summed E-state index contributed by atoms with van der Waals surface area (Å²) in [6.45, 7) is 3.82. The van der Waals surface area contributed by atoms with E-state index in [-0.39, 0.29) is 5.56 Å². The monoisotopic (exact) mass is 465 g/mol. The highest BCUT2D eigenvalue weighted by Gasteiger charge is 2.17. The molecule has 174 valence electrons. The summed E-state index contributed by atoms with van der Waals surface area (Å²) in [7, 11) is 3.17. The van der Waals surface area contributed by atoms with Crippen molar-refractivity contribution in [3.63, 3.8) is 0 Å². The highest BCUT2D eigenvalue weighted by molar-refractivity contribution is 5.85. The third-order valence-electron chi connectivity index (χ3n) is 5.66. The summed E-state index contributed by atoms with van der Waals surface area (Å²) < 4.78 is 18.3. The van der Waals surface area contributed by atoms with Crippen molar-refractivity contribution in [1.29, 1.82) is 0 Å². The predicted octanol–water partition coefficient (Wildman–Crippen LogP) is 5.44. The van der Waals surface area contributed by atoms with Crippen LogP contribution in [0.1, 0.15) is 11.1 Å². The van der Waals surface area contributed by atoms with Crippen LogP contribution in [0.5, 0.6) is 11.5 Å². The minimum Gasteiger partial charge on any atom is -0.493 e. The van der Waals surface area contributed by atoms with Gasteiger partial charge in [0.25, 0.3) is 5.56 Å². The largest absolute Gasteiger partial charge is 0.493 e. The highest BCUT2D eigenvalue weighted by atomic mass is 16.5. The van der Waals surface area contributed by atoms with Crippen molar-refractivity contribution >= 4 is 28.1 Å². The first-order chi connectivity index (χ1) is 17.1. The van der Waals surface area contributed by atoms with Gasteiger partial charge in [0.2, 0.25) is 5.82 Å². The van der Waals surface area contributed by atoms with Gasteiger partial charge in [-0.25, -0.2) is 4.98 Å². The van der Waals surface area contributed by atoms with Crippen molar-refractivity contribution < 1.29 is 13.9 Å². The topological polar surface area (TPSA) is 78.9 Å². The van der Waals surface area contributed by atoms with Crippen LogP contribution in [0.3, 0.4) is 0 Å². The molecule has 0 bridgehead atoms. The molecule has 5 aromatic rings. The molecule has 7 nitrogen and oxygen atoms in total. The third-order valence-corrected chi connectivity index (χ3v) is 5.66. The van der Waals surface area contributed by atoms with Gasteiger partial charge in [-0.2, -0.15) is 9.78 Å². The van der Waals surface area contributed by atoms with E-state index in [4.69, 9.17) is 18.9 Å². The Balaban J connectivity index is 1.70. The summed E-state index contributed by atoms with van der Waals surface area (Å²) in [5, 5.41) is 5.91. The zero-order valence-electron chi connectivity index (χ0n) is 19.4.